The standard InChI is InChI=1S/C14H17N3O2.ClH/c18-13-4-3-12(17-13)14(19)16-11-2-1-9-5-6-15-8-10(9)7-11;/h1-2,7,12,15H,3-6,8H2,(H,16,19)(H,17,18);1H. The molecule has 0 spiro atoms. The van der Waals surface area contributed by atoms with Crippen LogP contribution in [0.25, 0.3) is 0 Å². The predicted molar refractivity (Wildman–Crippen MR) is 78.9 cm³/mol. The Labute approximate surface area is 123 Å². The third kappa shape index (κ3) is 3.11. The molecule has 6 heteroatoms. The fraction of sp³-hybridized carbons (Fsp3) is 0.429. The van der Waals surface area contributed by atoms with E-state index in [4.69, 9.17) is 0 Å². The highest BCUT2D eigenvalue weighted by atomic mass is 35.5. The molecule has 0 aromatic heterocycles. The quantitative estimate of drug-likeness (QED) is 0.761. The average Bonchev–Trinajstić information content (AvgIpc) is 2.85. The van der Waals surface area contributed by atoms with E-state index >= 15 is 0 Å². The summed E-state index contributed by atoms with van der Waals surface area (Å²) in [5.74, 6) is -0.177. The van der Waals surface area contributed by atoms with Crippen LogP contribution in [0.1, 0.15) is 24.0 Å². The largest absolute Gasteiger partial charge is 0.344 e. The molecule has 20 heavy (non-hydrogen) atoms. The van der Waals surface area contributed by atoms with E-state index in [2.05, 4.69) is 22.0 Å². The molecule has 1 unspecified atom stereocenters. The second kappa shape index (κ2) is 6.24. The highest BCUT2D eigenvalue weighted by Gasteiger charge is 2.27. The number of rotatable bonds is 2. The molecule has 1 aromatic carbocycles. The first kappa shape index (κ1) is 14.8. The van der Waals surface area contributed by atoms with Crippen molar-refractivity contribution in [1.29, 1.82) is 0 Å². The molecule has 1 saturated heterocycles. The maximum atomic E-state index is 12.0. The fourth-order valence-electron chi connectivity index (χ4n) is 2.60. The summed E-state index contributed by atoms with van der Waals surface area (Å²) in [4.78, 5) is 23.1. The van der Waals surface area contributed by atoms with Gasteiger partial charge >= 0.3 is 0 Å². The number of benzene rings is 1. The summed E-state index contributed by atoms with van der Waals surface area (Å²) in [6, 6.07) is 5.62. The maximum Gasteiger partial charge on any atom is 0.246 e. The lowest BCUT2D eigenvalue weighted by Gasteiger charge is -2.18. The van der Waals surface area contributed by atoms with Crippen molar-refractivity contribution in [1.82, 2.24) is 10.6 Å². The van der Waals surface area contributed by atoms with Gasteiger partial charge in [0.15, 0.2) is 0 Å². The molecule has 2 aliphatic heterocycles. The van der Waals surface area contributed by atoms with Crippen LogP contribution in [0, 0.1) is 0 Å². The van der Waals surface area contributed by atoms with Crippen LogP contribution < -0.4 is 16.0 Å². The first-order valence-corrected chi connectivity index (χ1v) is 6.65. The van der Waals surface area contributed by atoms with Gasteiger partial charge in [0.2, 0.25) is 11.8 Å². The zero-order valence-corrected chi connectivity index (χ0v) is 11.9. The van der Waals surface area contributed by atoms with E-state index in [1.807, 2.05) is 12.1 Å². The van der Waals surface area contributed by atoms with Gasteiger partial charge in [-0.3, -0.25) is 9.59 Å². The maximum absolute atomic E-state index is 12.0. The predicted octanol–water partition coefficient (Wildman–Crippen LogP) is 0.971. The number of anilines is 1. The van der Waals surface area contributed by atoms with Crippen LogP contribution in [-0.4, -0.2) is 24.4 Å². The Kier molecular flexibility index (Phi) is 4.62. The van der Waals surface area contributed by atoms with Crippen LogP contribution in [0.4, 0.5) is 5.69 Å². The van der Waals surface area contributed by atoms with Crippen molar-refractivity contribution in [2.45, 2.75) is 31.8 Å². The van der Waals surface area contributed by atoms with Crippen molar-refractivity contribution in [3.63, 3.8) is 0 Å². The lowest BCUT2D eigenvalue weighted by Crippen LogP contribution is -2.37. The smallest absolute Gasteiger partial charge is 0.246 e. The molecule has 108 valence electrons. The van der Waals surface area contributed by atoms with Gasteiger partial charge in [0.05, 0.1) is 0 Å². The number of amides is 2. The molecular weight excluding hydrogens is 278 g/mol. The Hall–Kier alpha value is -1.59. The minimum Gasteiger partial charge on any atom is -0.344 e. The highest BCUT2D eigenvalue weighted by molar-refractivity contribution is 5.99. The van der Waals surface area contributed by atoms with E-state index in [1.54, 1.807) is 0 Å². The molecule has 3 N–H and O–H groups in total. The summed E-state index contributed by atoms with van der Waals surface area (Å²) in [5.41, 5.74) is 3.37. The topological polar surface area (TPSA) is 70.2 Å². The highest BCUT2D eigenvalue weighted by Crippen LogP contribution is 2.19. The van der Waals surface area contributed by atoms with Crippen molar-refractivity contribution < 1.29 is 9.59 Å². The normalized spacial score (nSPS) is 20.6. The van der Waals surface area contributed by atoms with Gasteiger partial charge in [0.25, 0.3) is 0 Å². The minimum atomic E-state index is -0.387. The second-order valence-corrected chi connectivity index (χ2v) is 5.06. The second-order valence-electron chi connectivity index (χ2n) is 5.06. The molecule has 3 rings (SSSR count). The third-order valence-electron chi connectivity index (χ3n) is 3.67. The van der Waals surface area contributed by atoms with Gasteiger partial charge in [0.1, 0.15) is 6.04 Å². The van der Waals surface area contributed by atoms with Crippen molar-refractivity contribution in [3.8, 4) is 0 Å². The third-order valence-corrected chi connectivity index (χ3v) is 3.67. The molecule has 1 fully saturated rings. The average molecular weight is 296 g/mol. The van der Waals surface area contributed by atoms with Crippen molar-refractivity contribution in [2.24, 2.45) is 0 Å². The Balaban J connectivity index is 0.00000147. The van der Waals surface area contributed by atoms with E-state index in [-0.39, 0.29) is 30.3 Å². The van der Waals surface area contributed by atoms with Crippen LogP contribution >= 0.6 is 12.4 Å². The number of fused-ring (bicyclic) bond motifs is 1. The van der Waals surface area contributed by atoms with Crippen molar-refractivity contribution in [2.75, 3.05) is 11.9 Å². The lowest BCUT2D eigenvalue weighted by atomic mass is 10.0. The first-order valence-electron chi connectivity index (χ1n) is 6.65. The fourth-order valence-corrected chi connectivity index (χ4v) is 2.60. The van der Waals surface area contributed by atoms with E-state index in [1.165, 1.54) is 11.1 Å². The molecule has 0 bridgehead atoms. The summed E-state index contributed by atoms with van der Waals surface area (Å²) < 4.78 is 0. The number of carbonyl (C=O) groups excluding carboxylic acids is 2. The molecule has 2 aliphatic rings. The minimum absolute atomic E-state index is 0. The molecule has 0 saturated carbocycles. The number of carbonyl (C=O) groups is 2. The first-order chi connectivity index (χ1) is 9.22. The SMILES string of the molecule is Cl.O=C1CCC(C(=O)Nc2ccc3c(c2)CNCC3)N1. The summed E-state index contributed by atoms with van der Waals surface area (Å²) in [6.07, 6.45) is 2.05. The number of hydrogen-bond donors (Lipinski definition) is 3. The number of hydrogen-bond acceptors (Lipinski definition) is 3. The molecule has 2 amide bonds. The molecule has 5 nitrogen and oxygen atoms in total. The zero-order chi connectivity index (χ0) is 13.2. The summed E-state index contributed by atoms with van der Waals surface area (Å²) in [7, 11) is 0. The molecule has 0 aliphatic carbocycles. The van der Waals surface area contributed by atoms with Gasteiger partial charge in [-0.25, -0.2) is 0 Å². The van der Waals surface area contributed by atoms with Crippen LogP contribution in [0.2, 0.25) is 0 Å². The molecule has 2 heterocycles. The Bertz CT molecular complexity index is 533. The van der Waals surface area contributed by atoms with Gasteiger partial charge in [-0.15, -0.1) is 12.4 Å². The van der Waals surface area contributed by atoms with Crippen LogP contribution in [0.15, 0.2) is 18.2 Å². The van der Waals surface area contributed by atoms with E-state index in [0.29, 0.717) is 12.8 Å². The van der Waals surface area contributed by atoms with Gasteiger partial charge in [-0.05, 0) is 42.6 Å². The van der Waals surface area contributed by atoms with E-state index in [0.717, 1.165) is 25.2 Å². The van der Waals surface area contributed by atoms with E-state index < -0.39 is 0 Å². The van der Waals surface area contributed by atoms with Crippen LogP contribution in [0.5, 0.6) is 0 Å². The number of nitrogens with one attached hydrogen (secondary N) is 3. The molecule has 1 aromatic rings. The van der Waals surface area contributed by atoms with Crippen LogP contribution in [0.3, 0.4) is 0 Å². The van der Waals surface area contributed by atoms with Gasteiger partial charge in [-0.1, -0.05) is 6.07 Å². The monoisotopic (exact) mass is 295 g/mol. The van der Waals surface area contributed by atoms with E-state index in [9.17, 15) is 9.59 Å². The van der Waals surface area contributed by atoms with Gasteiger partial charge < -0.3 is 16.0 Å². The Morgan fingerprint density at radius 3 is 2.85 bits per heavy atom. The van der Waals surface area contributed by atoms with Crippen LogP contribution in [-0.2, 0) is 22.6 Å². The summed E-state index contributed by atoms with van der Waals surface area (Å²) >= 11 is 0. The summed E-state index contributed by atoms with van der Waals surface area (Å²) in [5, 5.41) is 8.86. The lowest BCUT2D eigenvalue weighted by molar-refractivity contribution is -0.122. The summed E-state index contributed by atoms with van der Waals surface area (Å²) in [6.45, 7) is 1.85. The molecule has 1 atom stereocenters. The number of halogens is 1. The molecular formula is C14H18ClN3O2. The molecule has 0 radical (unpaired) electrons. The van der Waals surface area contributed by atoms with Gasteiger partial charge in [0, 0.05) is 18.7 Å². The zero-order valence-electron chi connectivity index (χ0n) is 11.1. The Morgan fingerprint density at radius 2 is 2.10 bits per heavy atom. The van der Waals surface area contributed by atoms with Gasteiger partial charge in [-0.2, -0.15) is 0 Å². The van der Waals surface area contributed by atoms with Crippen molar-refractivity contribution >= 4 is 29.9 Å². The van der Waals surface area contributed by atoms with Crippen molar-refractivity contribution in [3.05, 3.63) is 29.3 Å². The Morgan fingerprint density at radius 1 is 1.25 bits per heavy atom.